The second-order valence-corrected chi connectivity index (χ2v) is 5.07. The van der Waals surface area contributed by atoms with Gasteiger partial charge < -0.3 is 15.6 Å². The van der Waals surface area contributed by atoms with Crippen molar-refractivity contribution >= 4 is 32.7 Å². The van der Waals surface area contributed by atoms with Gasteiger partial charge >= 0.3 is 6.16 Å². The van der Waals surface area contributed by atoms with Crippen molar-refractivity contribution in [2.45, 2.75) is 4.90 Å². The first-order chi connectivity index (χ1) is 8.79. The van der Waals surface area contributed by atoms with Gasteiger partial charge in [0.05, 0.1) is 5.69 Å². The number of nitrogen functional groups attached to an aromatic ring is 1. The summed E-state index contributed by atoms with van der Waals surface area (Å²) in [7, 11) is -4.48. The zero-order valence-electron chi connectivity index (χ0n) is 9.40. The third-order valence-corrected chi connectivity index (χ3v) is 3.41. The molecule has 8 heteroatoms. The summed E-state index contributed by atoms with van der Waals surface area (Å²) in [6.45, 7) is 0. The van der Waals surface area contributed by atoms with Crippen LogP contribution in [0.15, 0.2) is 35.2 Å². The summed E-state index contributed by atoms with van der Waals surface area (Å²) in [5, 5.41) is 9.05. The van der Waals surface area contributed by atoms with E-state index in [0.29, 0.717) is 5.39 Å². The van der Waals surface area contributed by atoms with Gasteiger partial charge in [-0.05, 0) is 29.7 Å². The Hall–Kier alpha value is -2.32. The van der Waals surface area contributed by atoms with Crippen LogP contribution in [-0.2, 0) is 10.1 Å². The highest BCUT2D eigenvalue weighted by Crippen LogP contribution is 2.30. The first-order valence-electron chi connectivity index (χ1n) is 4.99. The predicted molar refractivity (Wildman–Crippen MR) is 66.8 cm³/mol. The lowest BCUT2D eigenvalue weighted by molar-refractivity contribution is 0.144. The summed E-state index contributed by atoms with van der Waals surface area (Å²) in [6.07, 6.45) is -1.48. The molecule has 0 aromatic heterocycles. The maximum atomic E-state index is 11.3. The molecule has 19 heavy (non-hydrogen) atoms. The highest BCUT2D eigenvalue weighted by atomic mass is 32.2. The fourth-order valence-corrected chi connectivity index (χ4v) is 2.58. The number of carbonyl (C=O) groups is 1. The van der Waals surface area contributed by atoms with Crippen molar-refractivity contribution in [3.05, 3.63) is 30.3 Å². The van der Waals surface area contributed by atoms with E-state index in [9.17, 15) is 13.2 Å². The molecule has 0 radical (unpaired) electrons. The Morgan fingerprint density at radius 3 is 2.47 bits per heavy atom. The van der Waals surface area contributed by atoms with Gasteiger partial charge in [-0.3, -0.25) is 4.55 Å². The zero-order chi connectivity index (χ0) is 14.2. The maximum absolute atomic E-state index is 11.3. The molecule has 0 amide bonds. The summed E-state index contributed by atoms with van der Waals surface area (Å²) < 4.78 is 36.2. The Balaban J connectivity index is 2.72. The van der Waals surface area contributed by atoms with Crippen molar-refractivity contribution in [1.82, 2.24) is 0 Å². The van der Waals surface area contributed by atoms with E-state index in [0.717, 1.165) is 0 Å². The average molecular weight is 283 g/mol. The van der Waals surface area contributed by atoms with E-state index >= 15 is 0 Å². The van der Waals surface area contributed by atoms with Crippen LogP contribution < -0.4 is 10.5 Å². The van der Waals surface area contributed by atoms with Gasteiger partial charge in [-0.2, -0.15) is 8.42 Å². The van der Waals surface area contributed by atoms with Crippen LogP contribution in [0, 0.1) is 0 Å². The molecule has 0 saturated carbocycles. The number of hydrogen-bond acceptors (Lipinski definition) is 5. The van der Waals surface area contributed by atoms with Gasteiger partial charge in [0.25, 0.3) is 10.1 Å². The van der Waals surface area contributed by atoms with Gasteiger partial charge in [-0.1, -0.05) is 6.07 Å². The third-order valence-electron chi connectivity index (χ3n) is 2.44. The van der Waals surface area contributed by atoms with Crippen LogP contribution in [0.5, 0.6) is 5.75 Å². The Morgan fingerprint density at radius 1 is 1.21 bits per heavy atom. The summed E-state index contributed by atoms with van der Waals surface area (Å²) in [5.74, 6) is 0.0334. The van der Waals surface area contributed by atoms with E-state index in [1.54, 1.807) is 0 Å². The topological polar surface area (TPSA) is 127 Å². The SMILES string of the molecule is Nc1ccc2cc(OC(=O)O)ccc2c1S(=O)(=O)O. The average Bonchev–Trinajstić information content (AvgIpc) is 2.26. The van der Waals surface area contributed by atoms with Crippen LogP contribution in [0.3, 0.4) is 0 Å². The van der Waals surface area contributed by atoms with Crippen molar-refractivity contribution in [3.63, 3.8) is 0 Å². The zero-order valence-corrected chi connectivity index (χ0v) is 10.2. The second-order valence-electron chi connectivity index (χ2n) is 3.71. The standard InChI is InChI=1S/C11H9NO6S/c12-9-4-1-6-5-7(18-11(13)14)2-3-8(6)10(9)19(15,16)17/h1-5H,12H2,(H,13,14)(H,15,16,17). The number of benzene rings is 2. The molecule has 0 atom stereocenters. The largest absolute Gasteiger partial charge is 0.511 e. The molecule has 0 aliphatic rings. The first-order valence-corrected chi connectivity index (χ1v) is 6.43. The van der Waals surface area contributed by atoms with Crippen LogP contribution in [0.1, 0.15) is 0 Å². The number of hydrogen-bond donors (Lipinski definition) is 3. The molecule has 0 aliphatic heterocycles. The van der Waals surface area contributed by atoms with Crippen LogP contribution in [-0.4, -0.2) is 24.2 Å². The highest BCUT2D eigenvalue weighted by Gasteiger charge is 2.18. The first kappa shape index (κ1) is 13.1. The Morgan fingerprint density at radius 2 is 1.89 bits per heavy atom. The van der Waals surface area contributed by atoms with E-state index in [4.69, 9.17) is 15.4 Å². The lowest BCUT2D eigenvalue weighted by Gasteiger charge is -2.08. The van der Waals surface area contributed by atoms with E-state index in [1.807, 2.05) is 0 Å². The summed E-state index contributed by atoms with van der Waals surface area (Å²) in [5.41, 5.74) is 5.43. The fourth-order valence-electron chi connectivity index (χ4n) is 1.75. The molecule has 100 valence electrons. The molecule has 2 rings (SSSR count). The van der Waals surface area contributed by atoms with Gasteiger partial charge in [-0.15, -0.1) is 0 Å². The predicted octanol–water partition coefficient (Wildman–Crippen LogP) is 1.73. The van der Waals surface area contributed by atoms with Gasteiger partial charge in [0, 0.05) is 5.39 Å². The summed E-state index contributed by atoms with van der Waals surface area (Å²) in [6, 6.07) is 6.71. The molecule has 2 aromatic carbocycles. The molecule has 2 aromatic rings. The molecule has 4 N–H and O–H groups in total. The monoisotopic (exact) mass is 283 g/mol. The Kier molecular flexibility index (Phi) is 3.05. The maximum Gasteiger partial charge on any atom is 0.511 e. The van der Waals surface area contributed by atoms with Crippen LogP contribution in [0.2, 0.25) is 0 Å². The van der Waals surface area contributed by atoms with Crippen LogP contribution >= 0.6 is 0 Å². The van der Waals surface area contributed by atoms with Crippen molar-refractivity contribution in [3.8, 4) is 5.75 Å². The molecule has 0 spiro atoms. The van der Waals surface area contributed by atoms with Gasteiger partial charge in [-0.25, -0.2) is 4.79 Å². The number of anilines is 1. The number of fused-ring (bicyclic) bond motifs is 1. The van der Waals surface area contributed by atoms with Crippen molar-refractivity contribution in [2.24, 2.45) is 0 Å². The lowest BCUT2D eigenvalue weighted by atomic mass is 10.1. The Labute approximate surface area is 108 Å². The molecule has 0 saturated heterocycles. The highest BCUT2D eigenvalue weighted by molar-refractivity contribution is 7.86. The summed E-state index contributed by atoms with van der Waals surface area (Å²) in [4.78, 5) is 10.00. The number of carboxylic acid groups (broad SMARTS) is 1. The third kappa shape index (κ3) is 2.59. The van der Waals surface area contributed by atoms with Gasteiger partial charge in [0.15, 0.2) is 0 Å². The van der Waals surface area contributed by atoms with Crippen LogP contribution in [0.25, 0.3) is 10.8 Å². The minimum absolute atomic E-state index is 0.0334. The molecule has 0 bridgehead atoms. The molecule has 0 fully saturated rings. The molecule has 7 nitrogen and oxygen atoms in total. The molecule has 0 unspecified atom stereocenters. The van der Waals surface area contributed by atoms with Gasteiger partial charge in [0.1, 0.15) is 10.6 Å². The van der Waals surface area contributed by atoms with Crippen molar-refractivity contribution in [1.29, 1.82) is 0 Å². The Bertz CT molecular complexity index is 768. The quantitative estimate of drug-likeness (QED) is 0.331. The van der Waals surface area contributed by atoms with Gasteiger partial charge in [0.2, 0.25) is 0 Å². The minimum Gasteiger partial charge on any atom is -0.449 e. The second kappa shape index (κ2) is 4.41. The molecule has 0 heterocycles. The van der Waals surface area contributed by atoms with E-state index in [-0.39, 0.29) is 16.8 Å². The fraction of sp³-hybridized carbons (Fsp3) is 0. The normalized spacial score (nSPS) is 11.4. The van der Waals surface area contributed by atoms with Crippen molar-refractivity contribution in [2.75, 3.05) is 5.73 Å². The molecular formula is C11H9NO6S. The van der Waals surface area contributed by atoms with Crippen LogP contribution in [0.4, 0.5) is 10.5 Å². The molecule has 0 aliphatic carbocycles. The minimum atomic E-state index is -4.48. The lowest BCUT2D eigenvalue weighted by Crippen LogP contribution is -2.05. The number of nitrogens with two attached hydrogens (primary N) is 1. The molecular weight excluding hydrogens is 274 g/mol. The van der Waals surface area contributed by atoms with E-state index in [1.165, 1.54) is 30.3 Å². The van der Waals surface area contributed by atoms with Crippen molar-refractivity contribution < 1.29 is 27.6 Å². The number of rotatable bonds is 2. The van der Waals surface area contributed by atoms with E-state index in [2.05, 4.69) is 4.74 Å². The summed E-state index contributed by atoms with van der Waals surface area (Å²) >= 11 is 0. The number of ether oxygens (including phenoxy) is 1. The smallest absolute Gasteiger partial charge is 0.449 e. The van der Waals surface area contributed by atoms with E-state index < -0.39 is 21.2 Å².